The zero-order valence-electron chi connectivity index (χ0n) is 26.8. The molecule has 0 aliphatic carbocycles. The quantitative estimate of drug-likeness (QED) is 0.175. The highest BCUT2D eigenvalue weighted by Gasteiger charge is 2.19. The van der Waals surface area contributed by atoms with Gasteiger partial charge in [0, 0.05) is 62.8 Å². The lowest BCUT2D eigenvalue weighted by molar-refractivity contribution is 1.16. The Morgan fingerprint density at radius 2 is 0.940 bits per heavy atom. The Hall–Kier alpha value is -6.92. The van der Waals surface area contributed by atoms with Crippen LogP contribution in [0.4, 0.5) is 17.1 Å². The van der Waals surface area contributed by atoms with E-state index in [0.29, 0.717) is 0 Å². The number of hydrogen-bond donors (Lipinski definition) is 0. The Bertz CT molecular complexity index is 2810. The van der Waals surface area contributed by atoms with Crippen molar-refractivity contribution in [3.8, 4) is 16.8 Å². The highest BCUT2D eigenvalue weighted by Crippen LogP contribution is 2.40. The first-order valence-corrected chi connectivity index (χ1v) is 16.6. The third kappa shape index (κ3) is 4.43. The van der Waals surface area contributed by atoms with Crippen molar-refractivity contribution in [2.24, 2.45) is 0 Å². The Balaban J connectivity index is 1.19. The van der Waals surface area contributed by atoms with E-state index in [4.69, 9.17) is 19.9 Å². The summed E-state index contributed by atoms with van der Waals surface area (Å²) in [6.07, 6.45) is 7.38. The molecular formula is C44H28N6. The monoisotopic (exact) mass is 640 g/mol. The van der Waals surface area contributed by atoms with Crippen LogP contribution in [0.2, 0.25) is 0 Å². The summed E-state index contributed by atoms with van der Waals surface area (Å²) < 4.78 is 2.30. The molecule has 0 fully saturated rings. The molecule has 0 unspecified atom stereocenters. The van der Waals surface area contributed by atoms with Crippen molar-refractivity contribution >= 4 is 71.7 Å². The summed E-state index contributed by atoms with van der Waals surface area (Å²) in [7, 11) is 0. The standard InChI is InChI=1S/C44H28N6/c1-4-12-29(13-5-1)30-24-37-41-42(46-23-22-45-41)38-26-34(28-48-44(38)43(37)47-27-30)50-39-19-11-10-18-35(39)36-25-33(20-21-40(36)50)49(31-14-6-2-7-15-31)32-16-8-3-9-17-32/h1-28H. The van der Waals surface area contributed by atoms with Gasteiger partial charge < -0.3 is 9.47 Å². The van der Waals surface area contributed by atoms with Gasteiger partial charge in [-0.15, -0.1) is 0 Å². The van der Waals surface area contributed by atoms with Crippen molar-refractivity contribution in [3.63, 3.8) is 0 Å². The third-order valence-corrected chi connectivity index (χ3v) is 9.50. The van der Waals surface area contributed by atoms with Gasteiger partial charge in [-0.1, -0.05) is 84.9 Å². The molecule has 0 saturated carbocycles. The first-order chi connectivity index (χ1) is 24.8. The number of aromatic nitrogens is 5. The maximum atomic E-state index is 5.10. The predicted octanol–water partition coefficient (Wildman–Crippen LogP) is 11.0. The fourth-order valence-electron chi connectivity index (χ4n) is 7.28. The molecule has 10 aromatic rings. The van der Waals surface area contributed by atoms with Crippen LogP contribution in [0.1, 0.15) is 0 Å². The second kappa shape index (κ2) is 11.4. The molecule has 234 valence electrons. The molecule has 50 heavy (non-hydrogen) atoms. The van der Waals surface area contributed by atoms with Gasteiger partial charge in [0.2, 0.25) is 0 Å². The van der Waals surface area contributed by atoms with E-state index in [-0.39, 0.29) is 0 Å². The van der Waals surface area contributed by atoms with Gasteiger partial charge >= 0.3 is 0 Å². The van der Waals surface area contributed by atoms with Crippen LogP contribution >= 0.6 is 0 Å². The molecule has 0 aliphatic rings. The van der Waals surface area contributed by atoms with E-state index in [1.807, 2.05) is 30.6 Å². The van der Waals surface area contributed by atoms with Crippen molar-refractivity contribution in [3.05, 3.63) is 170 Å². The van der Waals surface area contributed by atoms with Crippen LogP contribution in [0.15, 0.2) is 170 Å². The Morgan fingerprint density at radius 1 is 0.380 bits per heavy atom. The van der Waals surface area contributed by atoms with Gasteiger partial charge in [-0.3, -0.25) is 19.9 Å². The summed E-state index contributed by atoms with van der Waals surface area (Å²) in [6, 6.07) is 51.0. The van der Waals surface area contributed by atoms with Gasteiger partial charge in [0.15, 0.2) is 0 Å². The lowest BCUT2D eigenvalue weighted by atomic mass is 10.0. The van der Waals surface area contributed by atoms with Crippen LogP contribution in [0.3, 0.4) is 0 Å². The number of anilines is 3. The highest BCUT2D eigenvalue weighted by molar-refractivity contribution is 6.21. The summed E-state index contributed by atoms with van der Waals surface area (Å²) in [5, 5.41) is 4.19. The predicted molar refractivity (Wildman–Crippen MR) is 205 cm³/mol. The average molecular weight is 641 g/mol. The van der Waals surface area contributed by atoms with Crippen molar-refractivity contribution in [1.29, 1.82) is 0 Å². The molecule has 6 aromatic carbocycles. The fourth-order valence-corrected chi connectivity index (χ4v) is 7.28. The maximum absolute atomic E-state index is 5.10. The molecule has 10 rings (SSSR count). The minimum atomic E-state index is 0.806. The summed E-state index contributed by atoms with van der Waals surface area (Å²) >= 11 is 0. The van der Waals surface area contributed by atoms with Crippen LogP contribution in [-0.2, 0) is 0 Å². The Labute approximate surface area is 287 Å². The zero-order valence-corrected chi connectivity index (χ0v) is 26.8. The number of benzene rings is 6. The number of hydrogen-bond acceptors (Lipinski definition) is 5. The molecule has 0 spiro atoms. The molecule has 6 heteroatoms. The van der Waals surface area contributed by atoms with E-state index < -0.39 is 0 Å². The van der Waals surface area contributed by atoms with E-state index in [0.717, 1.165) is 83.1 Å². The highest BCUT2D eigenvalue weighted by atomic mass is 15.1. The topological polar surface area (TPSA) is 59.7 Å². The number of pyridine rings is 2. The van der Waals surface area contributed by atoms with Crippen LogP contribution in [0, 0.1) is 0 Å². The molecule has 0 aliphatic heterocycles. The van der Waals surface area contributed by atoms with Crippen molar-refractivity contribution in [2.75, 3.05) is 4.90 Å². The van der Waals surface area contributed by atoms with E-state index in [2.05, 4.69) is 137 Å². The van der Waals surface area contributed by atoms with Gasteiger partial charge in [0.25, 0.3) is 0 Å². The van der Waals surface area contributed by atoms with Crippen LogP contribution in [0.25, 0.3) is 71.5 Å². The summed E-state index contributed by atoms with van der Waals surface area (Å²) in [6.45, 7) is 0. The maximum Gasteiger partial charge on any atom is 0.0989 e. The molecule has 0 amide bonds. The molecule has 0 bridgehead atoms. The first-order valence-electron chi connectivity index (χ1n) is 16.6. The first kappa shape index (κ1) is 28.1. The minimum absolute atomic E-state index is 0.806. The normalized spacial score (nSPS) is 11.6. The number of fused-ring (bicyclic) bond motifs is 9. The van der Waals surface area contributed by atoms with Crippen molar-refractivity contribution < 1.29 is 0 Å². The second-order valence-electron chi connectivity index (χ2n) is 12.4. The molecular weight excluding hydrogens is 613 g/mol. The van der Waals surface area contributed by atoms with Crippen LogP contribution < -0.4 is 4.90 Å². The summed E-state index contributed by atoms with van der Waals surface area (Å²) in [5.41, 5.74) is 11.8. The van der Waals surface area contributed by atoms with Crippen molar-refractivity contribution in [2.45, 2.75) is 0 Å². The van der Waals surface area contributed by atoms with E-state index in [1.165, 1.54) is 5.39 Å². The molecule has 0 radical (unpaired) electrons. The second-order valence-corrected chi connectivity index (χ2v) is 12.4. The molecule has 4 heterocycles. The van der Waals surface area contributed by atoms with E-state index >= 15 is 0 Å². The zero-order chi connectivity index (χ0) is 33.0. The van der Waals surface area contributed by atoms with E-state index in [1.54, 1.807) is 12.4 Å². The Kier molecular flexibility index (Phi) is 6.39. The van der Waals surface area contributed by atoms with E-state index in [9.17, 15) is 0 Å². The van der Waals surface area contributed by atoms with Gasteiger partial charge in [-0.25, -0.2) is 0 Å². The fraction of sp³-hybridized carbons (Fsp3) is 0. The van der Waals surface area contributed by atoms with Crippen LogP contribution in [0.5, 0.6) is 0 Å². The molecule has 0 N–H and O–H groups in total. The molecule has 0 saturated heterocycles. The largest absolute Gasteiger partial charge is 0.310 e. The molecule has 4 aromatic heterocycles. The van der Waals surface area contributed by atoms with Crippen molar-refractivity contribution in [1.82, 2.24) is 24.5 Å². The lowest BCUT2D eigenvalue weighted by Crippen LogP contribution is -2.09. The SMILES string of the molecule is c1ccc(-c2cnc3c(c2)c2nccnc2c2cc(-n4c5ccccc5c5cc(N(c6ccccc6)c6ccccc6)ccc54)cnc23)cc1. The van der Waals surface area contributed by atoms with Gasteiger partial charge in [-0.05, 0) is 66.2 Å². The number of para-hydroxylation sites is 3. The minimum Gasteiger partial charge on any atom is -0.310 e. The van der Waals surface area contributed by atoms with Gasteiger partial charge in [0.1, 0.15) is 0 Å². The van der Waals surface area contributed by atoms with Crippen LogP contribution in [-0.4, -0.2) is 24.5 Å². The third-order valence-electron chi connectivity index (χ3n) is 9.50. The summed E-state index contributed by atoms with van der Waals surface area (Å²) in [5.74, 6) is 0. The van der Waals surface area contributed by atoms with Gasteiger partial charge in [-0.2, -0.15) is 0 Å². The molecule has 0 atom stereocenters. The summed E-state index contributed by atoms with van der Waals surface area (Å²) in [4.78, 5) is 22.0. The molecule has 6 nitrogen and oxygen atoms in total. The average Bonchev–Trinajstić information content (AvgIpc) is 3.53. The smallest absolute Gasteiger partial charge is 0.0989 e. The lowest BCUT2D eigenvalue weighted by Gasteiger charge is -2.25. The van der Waals surface area contributed by atoms with Gasteiger partial charge in [0.05, 0.1) is 45.0 Å². The Morgan fingerprint density at radius 3 is 1.64 bits per heavy atom. The number of rotatable bonds is 5. The number of nitrogens with zero attached hydrogens (tertiary/aromatic N) is 6.